The first-order valence-corrected chi connectivity index (χ1v) is 5.70. The van der Waals surface area contributed by atoms with Gasteiger partial charge in [0, 0.05) is 6.20 Å². The molecule has 3 nitrogen and oxygen atoms in total. The number of hydrogen-bond acceptors (Lipinski definition) is 3. The van der Waals surface area contributed by atoms with Crippen LogP contribution in [0.1, 0.15) is 31.5 Å². The zero-order valence-corrected chi connectivity index (χ0v) is 11.0. The summed E-state index contributed by atoms with van der Waals surface area (Å²) in [5.74, 6) is -0.416. The third-order valence-corrected chi connectivity index (χ3v) is 1.90. The topological polar surface area (TPSA) is 39.2 Å². The van der Waals surface area contributed by atoms with Gasteiger partial charge in [-0.3, -0.25) is 9.78 Å². The molecule has 6 heteroatoms. The van der Waals surface area contributed by atoms with E-state index in [1.807, 2.05) is 13.8 Å². The summed E-state index contributed by atoms with van der Waals surface area (Å²) in [6.45, 7) is 4.00. The molecular formula is C13H16F3NO2. The number of hydrogen-bond donors (Lipinski definition) is 0. The Morgan fingerprint density at radius 1 is 1.37 bits per heavy atom. The average molecular weight is 275 g/mol. The van der Waals surface area contributed by atoms with Crippen LogP contribution in [0.15, 0.2) is 24.4 Å². The first-order chi connectivity index (χ1) is 8.93. The van der Waals surface area contributed by atoms with Crippen LogP contribution in [0.4, 0.5) is 13.2 Å². The van der Waals surface area contributed by atoms with Gasteiger partial charge in [0.15, 0.2) is 0 Å². The molecule has 0 aliphatic carbocycles. The van der Waals surface area contributed by atoms with Gasteiger partial charge >= 0.3 is 12.1 Å². The number of rotatable bonds is 3. The highest BCUT2D eigenvalue weighted by Crippen LogP contribution is 2.27. The van der Waals surface area contributed by atoms with E-state index in [2.05, 4.69) is 9.72 Å². The van der Waals surface area contributed by atoms with Crippen molar-refractivity contribution in [3.8, 4) is 0 Å². The van der Waals surface area contributed by atoms with Crippen molar-refractivity contribution in [2.24, 2.45) is 0 Å². The molecule has 0 N–H and O–H groups in total. The van der Waals surface area contributed by atoms with Crippen molar-refractivity contribution in [3.05, 3.63) is 35.7 Å². The normalized spacial score (nSPS) is 10.8. The summed E-state index contributed by atoms with van der Waals surface area (Å²) in [7, 11) is 1.26. The number of carbonyl (C=O) groups is 1. The number of ether oxygens (including phenoxy) is 1. The molecule has 0 aliphatic heterocycles. The van der Waals surface area contributed by atoms with Crippen LogP contribution < -0.4 is 0 Å². The largest absolute Gasteiger partial charge is 0.469 e. The van der Waals surface area contributed by atoms with Crippen molar-refractivity contribution in [2.45, 2.75) is 26.4 Å². The van der Waals surface area contributed by atoms with Gasteiger partial charge in [0.25, 0.3) is 0 Å². The summed E-state index contributed by atoms with van der Waals surface area (Å²) >= 11 is 0. The lowest BCUT2D eigenvalue weighted by Gasteiger charge is -2.04. The summed E-state index contributed by atoms with van der Waals surface area (Å²) < 4.78 is 40.9. The van der Waals surface area contributed by atoms with Gasteiger partial charge in [-0.25, -0.2) is 0 Å². The molecule has 1 rings (SSSR count). The Morgan fingerprint density at radius 2 is 2.00 bits per heavy atom. The van der Waals surface area contributed by atoms with E-state index in [0.717, 1.165) is 12.3 Å². The predicted molar refractivity (Wildman–Crippen MR) is 66.3 cm³/mol. The third-order valence-electron chi connectivity index (χ3n) is 1.90. The van der Waals surface area contributed by atoms with Crippen molar-refractivity contribution in [1.29, 1.82) is 0 Å². The van der Waals surface area contributed by atoms with Gasteiger partial charge in [0.1, 0.15) is 5.69 Å². The van der Waals surface area contributed by atoms with Gasteiger partial charge in [-0.2, -0.15) is 13.2 Å². The number of halogens is 3. The molecule has 0 aliphatic rings. The summed E-state index contributed by atoms with van der Waals surface area (Å²) in [4.78, 5) is 14.0. The predicted octanol–water partition coefficient (Wildman–Crippen LogP) is 3.70. The highest BCUT2D eigenvalue weighted by Gasteiger charge is 2.31. The molecule has 0 fully saturated rings. The summed E-state index contributed by atoms with van der Waals surface area (Å²) in [6, 6.07) is 2.17. The van der Waals surface area contributed by atoms with E-state index >= 15 is 0 Å². The molecular weight excluding hydrogens is 259 g/mol. The zero-order valence-electron chi connectivity index (χ0n) is 11.0. The van der Waals surface area contributed by atoms with Crippen LogP contribution in [0.3, 0.4) is 0 Å². The fraction of sp³-hybridized carbons (Fsp3) is 0.385. The van der Waals surface area contributed by atoms with E-state index < -0.39 is 17.8 Å². The summed E-state index contributed by atoms with van der Waals surface area (Å²) in [5, 5.41) is 0. The van der Waals surface area contributed by atoms with Crippen LogP contribution >= 0.6 is 0 Å². The molecule has 0 unspecified atom stereocenters. The number of nitrogens with zero attached hydrogens (tertiary/aromatic N) is 1. The van der Waals surface area contributed by atoms with Gasteiger partial charge in [0.05, 0.1) is 13.5 Å². The van der Waals surface area contributed by atoms with E-state index in [4.69, 9.17) is 0 Å². The zero-order chi connectivity index (χ0) is 14.9. The molecule has 106 valence electrons. The molecule has 1 heterocycles. The smallest absolute Gasteiger partial charge is 0.433 e. The Hall–Kier alpha value is -1.85. The maximum absolute atomic E-state index is 12.2. The third kappa shape index (κ3) is 6.59. The van der Waals surface area contributed by atoms with Crippen LogP contribution in [0.25, 0.3) is 6.08 Å². The minimum atomic E-state index is -4.44. The Bertz CT molecular complexity index is 411. The molecule has 19 heavy (non-hydrogen) atoms. The monoisotopic (exact) mass is 275 g/mol. The Kier molecular flexibility index (Phi) is 7.48. The van der Waals surface area contributed by atoms with Crippen molar-refractivity contribution >= 4 is 12.0 Å². The lowest BCUT2D eigenvalue weighted by Crippen LogP contribution is -2.07. The quantitative estimate of drug-likeness (QED) is 0.789. The number of methoxy groups -OCH3 is 1. The lowest BCUT2D eigenvalue weighted by molar-refractivity contribution is -0.141. The van der Waals surface area contributed by atoms with Gasteiger partial charge in [-0.05, 0) is 11.6 Å². The molecule has 0 saturated carbocycles. The maximum atomic E-state index is 12.2. The average Bonchev–Trinajstić information content (AvgIpc) is 2.40. The number of carbonyl (C=O) groups excluding carboxylic acids is 1. The highest BCUT2D eigenvalue weighted by molar-refractivity contribution is 5.72. The number of pyridine rings is 1. The standard InChI is InChI=1S/C11H10F3NO2.C2H6/c1-17-10(16)4-2-3-8-5-6-9(15-7-8)11(12,13)14;1-2/h2-3,5-7H,4H2,1H3;1-2H3/b3-2+;. The van der Waals surface area contributed by atoms with Crippen LogP contribution in [0.5, 0.6) is 0 Å². The van der Waals surface area contributed by atoms with Gasteiger partial charge < -0.3 is 4.74 Å². The molecule has 1 aromatic rings. The van der Waals surface area contributed by atoms with Gasteiger partial charge in [0.2, 0.25) is 0 Å². The second-order valence-electron chi connectivity index (χ2n) is 3.16. The van der Waals surface area contributed by atoms with Crippen LogP contribution in [0, 0.1) is 0 Å². The lowest BCUT2D eigenvalue weighted by atomic mass is 10.2. The Morgan fingerprint density at radius 3 is 2.42 bits per heavy atom. The second kappa shape index (κ2) is 8.29. The Labute approximate surface area is 110 Å². The highest BCUT2D eigenvalue weighted by atomic mass is 19.4. The van der Waals surface area contributed by atoms with E-state index in [1.54, 1.807) is 0 Å². The van der Waals surface area contributed by atoms with Crippen molar-refractivity contribution in [1.82, 2.24) is 4.98 Å². The van der Waals surface area contributed by atoms with Crippen molar-refractivity contribution in [2.75, 3.05) is 7.11 Å². The SMILES string of the molecule is CC.COC(=O)C/C=C/c1ccc(C(F)(F)F)nc1. The van der Waals surface area contributed by atoms with Crippen molar-refractivity contribution in [3.63, 3.8) is 0 Å². The minimum absolute atomic E-state index is 0.0670. The molecule has 0 atom stereocenters. The Balaban J connectivity index is 0.00000154. The minimum Gasteiger partial charge on any atom is -0.469 e. The molecule has 0 bridgehead atoms. The summed E-state index contributed by atoms with van der Waals surface area (Å²) in [5.41, 5.74) is -0.454. The van der Waals surface area contributed by atoms with E-state index in [-0.39, 0.29) is 6.42 Å². The number of alkyl halides is 3. The molecule has 0 saturated heterocycles. The number of esters is 1. The van der Waals surface area contributed by atoms with Crippen LogP contribution in [-0.4, -0.2) is 18.1 Å². The van der Waals surface area contributed by atoms with E-state index in [1.165, 1.54) is 25.3 Å². The van der Waals surface area contributed by atoms with Gasteiger partial charge in [-0.1, -0.05) is 32.1 Å². The van der Waals surface area contributed by atoms with Crippen molar-refractivity contribution < 1.29 is 22.7 Å². The number of aromatic nitrogens is 1. The van der Waals surface area contributed by atoms with Gasteiger partial charge in [-0.15, -0.1) is 0 Å². The molecule has 1 aromatic heterocycles. The van der Waals surface area contributed by atoms with E-state index in [0.29, 0.717) is 5.56 Å². The summed E-state index contributed by atoms with van der Waals surface area (Å²) in [6.07, 6.45) is -0.275. The fourth-order valence-electron chi connectivity index (χ4n) is 1.05. The maximum Gasteiger partial charge on any atom is 0.433 e. The fourth-order valence-corrected chi connectivity index (χ4v) is 1.05. The second-order valence-corrected chi connectivity index (χ2v) is 3.16. The van der Waals surface area contributed by atoms with Crippen LogP contribution in [0.2, 0.25) is 0 Å². The molecule has 0 aromatic carbocycles. The molecule has 0 amide bonds. The first kappa shape index (κ1) is 17.2. The van der Waals surface area contributed by atoms with E-state index in [9.17, 15) is 18.0 Å². The molecule has 0 radical (unpaired) electrons. The first-order valence-electron chi connectivity index (χ1n) is 5.70. The molecule has 0 spiro atoms. The van der Waals surface area contributed by atoms with Crippen LogP contribution in [-0.2, 0) is 15.7 Å².